The fraction of sp³-hybridized carbons (Fsp3) is 0.133. The van der Waals surface area contributed by atoms with Crippen LogP contribution in [0.15, 0.2) is 47.1 Å². The molecule has 1 N–H and O–H groups in total. The number of nitrogens with zero attached hydrogens (tertiary/aromatic N) is 2. The molecule has 0 aliphatic carbocycles. The molecule has 0 atom stereocenters. The number of hydrogen-bond donors (Lipinski definition) is 1. The third-order valence-electron chi connectivity index (χ3n) is 2.91. The van der Waals surface area contributed by atoms with Gasteiger partial charge >= 0.3 is 5.97 Å². The van der Waals surface area contributed by atoms with E-state index in [4.69, 9.17) is 5.11 Å². The highest BCUT2D eigenvalue weighted by molar-refractivity contribution is 9.10. The van der Waals surface area contributed by atoms with Gasteiger partial charge in [0.25, 0.3) is 5.91 Å². The van der Waals surface area contributed by atoms with Gasteiger partial charge < -0.3 is 10.0 Å². The molecular formula is C15H13BrN2O3. The Balaban J connectivity index is 2.06. The van der Waals surface area contributed by atoms with Gasteiger partial charge in [-0.05, 0) is 45.8 Å². The molecule has 0 saturated heterocycles. The van der Waals surface area contributed by atoms with E-state index < -0.39 is 5.97 Å². The van der Waals surface area contributed by atoms with Crippen LogP contribution in [-0.2, 0) is 6.54 Å². The van der Waals surface area contributed by atoms with Crippen LogP contribution in [0.2, 0.25) is 0 Å². The van der Waals surface area contributed by atoms with E-state index in [1.54, 1.807) is 37.5 Å². The summed E-state index contributed by atoms with van der Waals surface area (Å²) in [6, 6.07) is 9.85. The number of carboxylic acid groups (broad SMARTS) is 1. The summed E-state index contributed by atoms with van der Waals surface area (Å²) in [5.41, 5.74) is 1.44. The fourth-order valence-corrected chi connectivity index (χ4v) is 2.03. The third kappa shape index (κ3) is 3.88. The van der Waals surface area contributed by atoms with Crippen molar-refractivity contribution in [3.63, 3.8) is 0 Å². The zero-order valence-electron chi connectivity index (χ0n) is 11.3. The van der Waals surface area contributed by atoms with E-state index in [2.05, 4.69) is 20.9 Å². The van der Waals surface area contributed by atoms with Gasteiger partial charge in [-0.3, -0.25) is 4.79 Å². The lowest BCUT2D eigenvalue weighted by atomic mass is 10.1. The number of aromatic carboxylic acids is 1. The maximum atomic E-state index is 12.2. The van der Waals surface area contributed by atoms with Crippen LogP contribution in [-0.4, -0.2) is 33.9 Å². The molecule has 108 valence electrons. The van der Waals surface area contributed by atoms with Crippen LogP contribution in [0.3, 0.4) is 0 Å². The number of carboxylic acids is 1. The lowest BCUT2D eigenvalue weighted by Crippen LogP contribution is -2.26. The van der Waals surface area contributed by atoms with Crippen molar-refractivity contribution >= 4 is 27.8 Å². The van der Waals surface area contributed by atoms with E-state index >= 15 is 0 Å². The molecule has 2 aromatic rings. The number of benzene rings is 1. The van der Waals surface area contributed by atoms with Crippen LogP contribution in [0, 0.1) is 0 Å². The number of rotatable bonds is 4. The summed E-state index contributed by atoms with van der Waals surface area (Å²) in [6.45, 7) is 0.385. The molecule has 1 aromatic heterocycles. The van der Waals surface area contributed by atoms with E-state index in [0.29, 0.717) is 12.2 Å². The quantitative estimate of drug-likeness (QED) is 0.922. The monoisotopic (exact) mass is 348 g/mol. The van der Waals surface area contributed by atoms with Gasteiger partial charge in [-0.25, -0.2) is 9.78 Å². The molecule has 1 heterocycles. The van der Waals surface area contributed by atoms with E-state index in [1.807, 2.05) is 0 Å². The number of carbonyl (C=O) groups excluding carboxylic acids is 1. The van der Waals surface area contributed by atoms with Gasteiger partial charge in [0.15, 0.2) is 0 Å². The predicted molar refractivity (Wildman–Crippen MR) is 81.1 cm³/mol. The largest absolute Gasteiger partial charge is 0.478 e. The molecule has 5 nitrogen and oxygen atoms in total. The van der Waals surface area contributed by atoms with Crippen LogP contribution < -0.4 is 0 Å². The first kappa shape index (κ1) is 15.2. The zero-order chi connectivity index (χ0) is 15.4. The first-order valence-corrected chi connectivity index (χ1v) is 6.96. The van der Waals surface area contributed by atoms with E-state index in [1.165, 1.54) is 17.0 Å². The fourth-order valence-electron chi connectivity index (χ4n) is 1.80. The zero-order valence-corrected chi connectivity index (χ0v) is 12.9. The van der Waals surface area contributed by atoms with Gasteiger partial charge in [0, 0.05) is 24.3 Å². The maximum Gasteiger partial charge on any atom is 0.335 e. The van der Waals surface area contributed by atoms with Crippen LogP contribution in [0.1, 0.15) is 26.4 Å². The van der Waals surface area contributed by atoms with Crippen molar-refractivity contribution < 1.29 is 14.7 Å². The van der Waals surface area contributed by atoms with E-state index in [0.717, 1.165) is 10.0 Å². The van der Waals surface area contributed by atoms with E-state index in [9.17, 15) is 9.59 Å². The van der Waals surface area contributed by atoms with Gasteiger partial charge in [0.1, 0.15) is 5.69 Å². The number of amides is 1. The summed E-state index contributed by atoms with van der Waals surface area (Å²) in [5.74, 6) is -1.16. The van der Waals surface area contributed by atoms with Crippen molar-refractivity contribution in [1.29, 1.82) is 0 Å². The molecule has 0 radical (unpaired) electrons. The summed E-state index contributed by atoms with van der Waals surface area (Å²) < 4.78 is 0.811. The van der Waals surface area contributed by atoms with Crippen LogP contribution in [0.25, 0.3) is 0 Å². The second-order valence-electron chi connectivity index (χ2n) is 4.52. The third-order valence-corrected chi connectivity index (χ3v) is 3.38. The second kappa shape index (κ2) is 6.49. The van der Waals surface area contributed by atoms with Crippen molar-refractivity contribution in [3.8, 4) is 0 Å². The molecule has 6 heteroatoms. The SMILES string of the molecule is CN(Cc1ccc(C(=O)O)cc1)C(=O)c1ccc(Br)cn1. The molecule has 0 aliphatic heterocycles. The van der Waals surface area contributed by atoms with E-state index in [-0.39, 0.29) is 11.5 Å². The van der Waals surface area contributed by atoms with Crippen molar-refractivity contribution in [2.45, 2.75) is 6.54 Å². The van der Waals surface area contributed by atoms with Crippen molar-refractivity contribution in [3.05, 3.63) is 63.9 Å². The smallest absolute Gasteiger partial charge is 0.335 e. The summed E-state index contributed by atoms with van der Waals surface area (Å²) >= 11 is 3.27. The minimum atomic E-state index is -0.968. The standard InChI is InChI=1S/C15H13BrN2O3/c1-18(14(19)13-7-6-12(16)8-17-13)9-10-2-4-11(5-3-10)15(20)21/h2-8H,9H2,1H3,(H,20,21). The summed E-state index contributed by atoms with van der Waals surface area (Å²) in [4.78, 5) is 28.6. The van der Waals surface area contributed by atoms with Crippen molar-refractivity contribution in [2.24, 2.45) is 0 Å². The maximum absolute atomic E-state index is 12.2. The molecular weight excluding hydrogens is 336 g/mol. The average Bonchev–Trinajstić information content (AvgIpc) is 2.47. The summed E-state index contributed by atoms with van der Waals surface area (Å²) in [7, 11) is 1.68. The Morgan fingerprint density at radius 2 is 1.86 bits per heavy atom. The molecule has 2 rings (SSSR count). The Kier molecular flexibility index (Phi) is 4.70. The van der Waals surface area contributed by atoms with Crippen molar-refractivity contribution in [1.82, 2.24) is 9.88 Å². The Hall–Kier alpha value is -2.21. The van der Waals surface area contributed by atoms with Gasteiger partial charge in [-0.1, -0.05) is 12.1 Å². The Morgan fingerprint density at radius 1 is 1.19 bits per heavy atom. The molecule has 1 amide bonds. The normalized spacial score (nSPS) is 10.2. The Labute approximate surface area is 130 Å². The lowest BCUT2D eigenvalue weighted by Gasteiger charge is -2.16. The van der Waals surface area contributed by atoms with Crippen LogP contribution in [0.4, 0.5) is 0 Å². The molecule has 0 spiro atoms. The molecule has 0 bridgehead atoms. The highest BCUT2D eigenvalue weighted by Gasteiger charge is 2.13. The number of aromatic nitrogens is 1. The highest BCUT2D eigenvalue weighted by Crippen LogP contribution is 2.11. The minimum absolute atomic E-state index is 0.190. The first-order valence-electron chi connectivity index (χ1n) is 6.16. The second-order valence-corrected chi connectivity index (χ2v) is 5.44. The molecule has 0 unspecified atom stereocenters. The molecule has 1 aromatic carbocycles. The van der Waals surface area contributed by atoms with Crippen molar-refractivity contribution in [2.75, 3.05) is 7.05 Å². The summed E-state index contributed by atoms with van der Waals surface area (Å²) in [5, 5.41) is 8.84. The number of carbonyl (C=O) groups is 2. The molecule has 0 saturated carbocycles. The van der Waals surface area contributed by atoms with Gasteiger partial charge in [-0.2, -0.15) is 0 Å². The van der Waals surface area contributed by atoms with Gasteiger partial charge in [0.05, 0.1) is 5.56 Å². The summed E-state index contributed by atoms with van der Waals surface area (Å²) in [6.07, 6.45) is 1.57. The lowest BCUT2D eigenvalue weighted by molar-refractivity contribution is 0.0695. The van der Waals surface area contributed by atoms with Crippen LogP contribution >= 0.6 is 15.9 Å². The number of halogens is 1. The number of pyridine rings is 1. The Bertz CT molecular complexity index is 654. The first-order chi connectivity index (χ1) is 9.97. The topological polar surface area (TPSA) is 70.5 Å². The van der Waals surface area contributed by atoms with Gasteiger partial charge in [0.2, 0.25) is 0 Å². The molecule has 0 aliphatic rings. The predicted octanol–water partition coefficient (Wildman–Crippen LogP) is 2.81. The Morgan fingerprint density at radius 3 is 2.38 bits per heavy atom. The average molecular weight is 349 g/mol. The van der Waals surface area contributed by atoms with Crippen LogP contribution in [0.5, 0.6) is 0 Å². The highest BCUT2D eigenvalue weighted by atomic mass is 79.9. The number of hydrogen-bond acceptors (Lipinski definition) is 3. The van der Waals surface area contributed by atoms with Gasteiger partial charge in [-0.15, -0.1) is 0 Å². The molecule has 0 fully saturated rings. The molecule has 21 heavy (non-hydrogen) atoms. The minimum Gasteiger partial charge on any atom is -0.478 e.